The molecule has 0 unspecified atom stereocenters. The summed E-state index contributed by atoms with van der Waals surface area (Å²) in [7, 11) is 0. The van der Waals surface area contributed by atoms with Crippen molar-refractivity contribution in [1.82, 2.24) is 15.3 Å². The number of hydrogen-bond donors (Lipinski definition) is 2. The molecule has 0 radical (unpaired) electrons. The van der Waals surface area contributed by atoms with Crippen molar-refractivity contribution in [3.8, 4) is 0 Å². The molecule has 1 aromatic heterocycles. The van der Waals surface area contributed by atoms with Crippen LogP contribution < -0.4 is 10.2 Å². The van der Waals surface area contributed by atoms with Gasteiger partial charge in [0.2, 0.25) is 5.91 Å². The molecule has 33 heavy (non-hydrogen) atoms. The first kappa shape index (κ1) is 23.6. The maximum atomic E-state index is 13.1. The standard InChI is InChI=1S/C25H29ClN4O2S/c1-15-12-17(8-11-23(15)30(16(2)31)19-6-4-5-7-19)25(32)29-22(14-33-3)24-27-20-10-9-18(26)13-21(20)28-24/h8-13,19,22H,4-7,14H2,1-3H3,(H,27,28)(H,29,32)/t22-/m1/s1. The number of anilines is 1. The lowest BCUT2D eigenvalue weighted by molar-refractivity contribution is -0.117. The maximum Gasteiger partial charge on any atom is 0.251 e. The topological polar surface area (TPSA) is 78.1 Å². The van der Waals surface area contributed by atoms with Gasteiger partial charge in [-0.3, -0.25) is 9.59 Å². The van der Waals surface area contributed by atoms with E-state index in [9.17, 15) is 9.59 Å². The molecule has 1 aliphatic carbocycles. The molecular formula is C25H29ClN4O2S. The molecule has 1 aliphatic rings. The van der Waals surface area contributed by atoms with Crippen LogP contribution >= 0.6 is 23.4 Å². The molecule has 174 valence electrons. The van der Waals surface area contributed by atoms with Gasteiger partial charge in [-0.15, -0.1) is 0 Å². The molecule has 4 rings (SSSR count). The number of imidazole rings is 1. The number of nitrogens with zero attached hydrogens (tertiary/aromatic N) is 2. The number of halogens is 1. The van der Waals surface area contributed by atoms with Gasteiger partial charge in [0.15, 0.2) is 0 Å². The number of aryl methyl sites for hydroxylation is 1. The maximum absolute atomic E-state index is 13.1. The van der Waals surface area contributed by atoms with Crippen molar-refractivity contribution in [3.05, 3.63) is 58.4 Å². The van der Waals surface area contributed by atoms with Crippen LogP contribution in [0.5, 0.6) is 0 Å². The van der Waals surface area contributed by atoms with Crippen LogP contribution in [0.3, 0.4) is 0 Å². The van der Waals surface area contributed by atoms with E-state index in [2.05, 4.69) is 15.3 Å². The second-order valence-electron chi connectivity index (χ2n) is 8.59. The molecule has 2 amide bonds. The Morgan fingerprint density at radius 1 is 1.24 bits per heavy atom. The van der Waals surface area contributed by atoms with Crippen LogP contribution in [-0.2, 0) is 4.79 Å². The molecule has 2 N–H and O–H groups in total. The van der Waals surface area contributed by atoms with E-state index < -0.39 is 0 Å². The van der Waals surface area contributed by atoms with Gasteiger partial charge < -0.3 is 15.2 Å². The quantitative estimate of drug-likeness (QED) is 0.454. The van der Waals surface area contributed by atoms with Gasteiger partial charge in [0, 0.05) is 35.0 Å². The molecule has 3 aromatic rings. The number of nitrogens with one attached hydrogen (secondary N) is 2. The lowest BCUT2D eigenvalue weighted by Gasteiger charge is -2.29. The fraction of sp³-hybridized carbons (Fsp3) is 0.400. The van der Waals surface area contributed by atoms with Crippen LogP contribution in [0.4, 0.5) is 5.69 Å². The summed E-state index contributed by atoms with van der Waals surface area (Å²) in [5.41, 5.74) is 4.03. The molecule has 1 heterocycles. The van der Waals surface area contributed by atoms with E-state index in [0.717, 1.165) is 48.0 Å². The highest BCUT2D eigenvalue weighted by Gasteiger charge is 2.27. The highest BCUT2D eigenvalue weighted by Crippen LogP contribution is 2.31. The zero-order chi connectivity index (χ0) is 23.5. The monoisotopic (exact) mass is 484 g/mol. The highest BCUT2D eigenvalue weighted by molar-refractivity contribution is 7.98. The average Bonchev–Trinajstić information content (AvgIpc) is 3.44. The summed E-state index contributed by atoms with van der Waals surface area (Å²) in [5.74, 6) is 1.26. The minimum atomic E-state index is -0.272. The molecule has 0 saturated heterocycles. The van der Waals surface area contributed by atoms with Crippen molar-refractivity contribution in [1.29, 1.82) is 0 Å². The molecule has 2 aromatic carbocycles. The summed E-state index contributed by atoms with van der Waals surface area (Å²) in [6.07, 6.45) is 6.36. The number of thioether (sulfide) groups is 1. The molecule has 8 heteroatoms. The number of carbonyl (C=O) groups excluding carboxylic acids is 2. The van der Waals surface area contributed by atoms with Gasteiger partial charge in [-0.2, -0.15) is 11.8 Å². The van der Waals surface area contributed by atoms with Gasteiger partial charge >= 0.3 is 0 Å². The Labute approximate surface area is 203 Å². The Morgan fingerprint density at radius 3 is 2.67 bits per heavy atom. The molecule has 1 fully saturated rings. The van der Waals surface area contributed by atoms with E-state index >= 15 is 0 Å². The minimum absolute atomic E-state index is 0.0484. The normalized spacial score (nSPS) is 15.0. The number of aromatic nitrogens is 2. The second-order valence-corrected chi connectivity index (χ2v) is 9.94. The highest BCUT2D eigenvalue weighted by atomic mass is 35.5. The number of aromatic amines is 1. The van der Waals surface area contributed by atoms with Crippen LogP contribution in [0.15, 0.2) is 36.4 Å². The van der Waals surface area contributed by atoms with E-state index in [1.54, 1.807) is 30.8 Å². The first-order chi connectivity index (χ1) is 15.9. The molecule has 0 aliphatic heterocycles. The van der Waals surface area contributed by atoms with E-state index in [-0.39, 0.29) is 23.9 Å². The van der Waals surface area contributed by atoms with Crippen molar-refractivity contribution in [2.24, 2.45) is 0 Å². The summed E-state index contributed by atoms with van der Waals surface area (Å²) in [4.78, 5) is 35.4. The van der Waals surface area contributed by atoms with E-state index in [0.29, 0.717) is 22.2 Å². The average molecular weight is 485 g/mol. The molecular weight excluding hydrogens is 456 g/mol. The van der Waals surface area contributed by atoms with E-state index in [1.165, 1.54) is 0 Å². The smallest absolute Gasteiger partial charge is 0.251 e. The Bertz CT molecular complexity index is 1170. The lowest BCUT2D eigenvalue weighted by atomic mass is 10.1. The predicted octanol–water partition coefficient (Wildman–Crippen LogP) is 5.65. The first-order valence-electron chi connectivity index (χ1n) is 11.2. The fourth-order valence-electron chi connectivity index (χ4n) is 4.62. The number of rotatable bonds is 7. The number of carbonyl (C=O) groups is 2. The molecule has 6 nitrogen and oxygen atoms in total. The van der Waals surface area contributed by atoms with Crippen molar-refractivity contribution < 1.29 is 9.59 Å². The Kier molecular flexibility index (Phi) is 7.29. The number of fused-ring (bicyclic) bond motifs is 1. The minimum Gasteiger partial charge on any atom is -0.341 e. The summed E-state index contributed by atoms with van der Waals surface area (Å²) in [5, 5.41) is 3.75. The number of benzene rings is 2. The van der Waals surface area contributed by atoms with E-state index in [1.807, 2.05) is 42.3 Å². The Hall–Kier alpha value is -2.51. The van der Waals surface area contributed by atoms with Gasteiger partial charge in [-0.25, -0.2) is 4.98 Å². The predicted molar refractivity (Wildman–Crippen MR) is 136 cm³/mol. The van der Waals surface area contributed by atoms with Crippen LogP contribution in [0.25, 0.3) is 11.0 Å². The van der Waals surface area contributed by atoms with Crippen molar-refractivity contribution in [2.75, 3.05) is 16.9 Å². The fourth-order valence-corrected chi connectivity index (χ4v) is 5.36. The van der Waals surface area contributed by atoms with Gasteiger partial charge in [0.25, 0.3) is 5.91 Å². The summed E-state index contributed by atoms with van der Waals surface area (Å²) >= 11 is 7.73. The summed E-state index contributed by atoms with van der Waals surface area (Å²) in [6, 6.07) is 11.0. The van der Waals surface area contributed by atoms with Crippen LogP contribution in [0.2, 0.25) is 5.02 Å². The second kappa shape index (κ2) is 10.2. The third-order valence-corrected chi connectivity index (χ3v) is 7.08. The van der Waals surface area contributed by atoms with Crippen LogP contribution in [0, 0.1) is 6.92 Å². The third-order valence-electron chi connectivity index (χ3n) is 6.18. The Morgan fingerprint density at radius 2 is 2.00 bits per heavy atom. The van der Waals surface area contributed by atoms with Crippen LogP contribution in [0.1, 0.15) is 60.4 Å². The SMILES string of the molecule is CSC[C@@H](NC(=O)c1ccc(N(C(C)=O)C2CCCC2)c(C)c1)c1nc2ccc(Cl)cc2[nH]1. The van der Waals surface area contributed by atoms with Gasteiger partial charge in [0.1, 0.15) is 5.82 Å². The van der Waals surface area contributed by atoms with E-state index in [4.69, 9.17) is 11.6 Å². The van der Waals surface area contributed by atoms with Gasteiger partial charge in [-0.05, 0) is 68.0 Å². The van der Waals surface area contributed by atoms with Crippen molar-refractivity contribution in [2.45, 2.75) is 51.6 Å². The number of amides is 2. The largest absolute Gasteiger partial charge is 0.341 e. The Balaban J connectivity index is 1.55. The molecule has 0 bridgehead atoms. The zero-order valence-corrected chi connectivity index (χ0v) is 20.7. The van der Waals surface area contributed by atoms with Crippen molar-refractivity contribution >= 4 is 51.9 Å². The lowest BCUT2D eigenvalue weighted by Crippen LogP contribution is -2.38. The number of hydrogen-bond acceptors (Lipinski definition) is 4. The summed E-state index contributed by atoms with van der Waals surface area (Å²) in [6.45, 7) is 3.57. The number of H-pyrrole nitrogens is 1. The summed E-state index contributed by atoms with van der Waals surface area (Å²) < 4.78 is 0. The molecule has 1 atom stereocenters. The van der Waals surface area contributed by atoms with Gasteiger partial charge in [0.05, 0.1) is 17.1 Å². The molecule has 0 spiro atoms. The van der Waals surface area contributed by atoms with Crippen LogP contribution in [-0.4, -0.2) is 39.8 Å². The van der Waals surface area contributed by atoms with Crippen molar-refractivity contribution in [3.63, 3.8) is 0 Å². The molecule has 1 saturated carbocycles. The van der Waals surface area contributed by atoms with Gasteiger partial charge in [-0.1, -0.05) is 24.4 Å². The zero-order valence-electron chi connectivity index (χ0n) is 19.2. The first-order valence-corrected chi connectivity index (χ1v) is 13.0. The third kappa shape index (κ3) is 5.20.